The lowest BCUT2D eigenvalue weighted by Crippen LogP contribution is -2.28. The molecule has 0 aliphatic carbocycles. The summed E-state index contributed by atoms with van der Waals surface area (Å²) in [5, 5.41) is 13.7. The first-order chi connectivity index (χ1) is 13.3. The second-order valence-corrected chi connectivity index (χ2v) is 8.68. The zero-order valence-corrected chi connectivity index (χ0v) is 16.4. The molecule has 2 aromatic carbocycles. The smallest absolute Gasteiger partial charge is 0.271 e. The fourth-order valence-electron chi connectivity index (χ4n) is 2.95. The SMILES string of the molecule is O=C(CNc1ccc([N+](=O)[O-])cc1Cl)c1cccc(S(=O)(=O)N2CCCC2)c1. The highest BCUT2D eigenvalue weighted by molar-refractivity contribution is 7.89. The van der Waals surface area contributed by atoms with Crippen molar-refractivity contribution in [2.24, 2.45) is 0 Å². The fraction of sp³-hybridized carbons (Fsp3) is 0.278. The summed E-state index contributed by atoms with van der Waals surface area (Å²) in [5.41, 5.74) is 0.481. The van der Waals surface area contributed by atoms with Crippen molar-refractivity contribution in [1.82, 2.24) is 4.31 Å². The third-order valence-electron chi connectivity index (χ3n) is 4.46. The van der Waals surface area contributed by atoms with Gasteiger partial charge in [-0.25, -0.2) is 8.42 Å². The Morgan fingerprint density at radius 3 is 2.54 bits per heavy atom. The maximum Gasteiger partial charge on any atom is 0.271 e. The minimum Gasteiger partial charge on any atom is -0.376 e. The van der Waals surface area contributed by atoms with Gasteiger partial charge in [0.1, 0.15) is 0 Å². The predicted molar refractivity (Wildman–Crippen MR) is 105 cm³/mol. The van der Waals surface area contributed by atoms with Gasteiger partial charge < -0.3 is 5.32 Å². The number of nitrogens with zero attached hydrogens (tertiary/aromatic N) is 2. The monoisotopic (exact) mass is 423 g/mol. The van der Waals surface area contributed by atoms with E-state index in [1.54, 1.807) is 6.07 Å². The highest BCUT2D eigenvalue weighted by Gasteiger charge is 2.27. The predicted octanol–water partition coefficient (Wildman–Crippen LogP) is 3.33. The number of hydrogen-bond donors (Lipinski definition) is 1. The summed E-state index contributed by atoms with van der Waals surface area (Å²) < 4.78 is 26.7. The lowest BCUT2D eigenvalue weighted by atomic mass is 10.1. The van der Waals surface area contributed by atoms with Crippen LogP contribution in [0.3, 0.4) is 0 Å². The van der Waals surface area contributed by atoms with Gasteiger partial charge in [-0.15, -0.1) is 0 Å². The number of carbonyl (C=O) groups is 1. The van der Waals surface area contributed by atoms with Gasteiger partial charge in [0.15, 0.2) is 5.78 Å². The van der Waals surface area contributed by atoms with Crippen LogP contribution in [0.5, 0.6) is 0 Å². The number of benzene rings is 2. The molecule has 0 spiro atoms. The van der Waals surface area contributed by atoms with Gasteiger partial charge in [-0.2, -0.15) is 4.31 Å². The van der Waals surface area contributed by atoms with Crippen LogP contribution in [0.25, 0.3) is 0 Å². The third kappa shape index (κ3) is 4.32. The minimum atomic E-state index is -3.61. The van der Waals surface area contributed by atoms with Crippen LogP contribution in [-0.4, -0.2) is 43.1 Å². The molecule has 1 aliphatic rings. The summed E-state index contributed by atoms with van der Waals surface area (Å²) in [6.45, 7) is 0.839. The molecular formula is C18H18ClN3O5S. The molecular weight excluding hydrogens is 406 g/mol. The number of nitro groups is 1. The maximum absolute atomic E-state index is 12.6. The standard InChI is InChI=1S/C18H18ClN3O5S/c19-16-11-14(22(24)25)6-7-17(16)20-12-18(23)13-4-3-5-15(10-13)28(26,27)21-8-1-2-9-21/h3-7,10-11,20H,1-2,8-9,12H2. The number of non-ortho nitro benzene ring substituents is 1. The van der Waals surface area contributed by atoms with Gasteiger partial charge in [-0.05, 0) is 31.0 Å². The van der Waals surface area contributed by atoms with Gasteiger partial charge in [-0.3, -0.25) is 14.9 Å². The first-order valence-corrected chi connectivity index (χ1v) is 10.4. The number of Topliss-reactive ketones (excluding diaryl/α,β-unsaturated/α-hetero) is 1. The molecule has 0 radical (unpaired) electrons. The summed E-state index contributed by atoms with van der Waals surface area (Å²) in [6, 6.07) is 9.82. The van der Waals surface area contributed by atoms with E-state index in [4.69, 9.17) is 11.6 Å². The number of nitrogens with one attached hydrogen (secondary N) is 1. The molecule has 0 aromatic heterocycles. The summed E-state index contributed by atoms with van der Waals surface area (Å²) in [4.78, 5) is 22.8. The van der Waals surface area contributed by atoms with Crippen LogP contribution in [0, 0.1) is 10.1 Å². The zero-order chi connectivity index (χ0) is 20.3. The molecule has 1 fully saturated rings. The molecule has 1 saturated heterocycles. The Labute approximate surface area is 167 Å². The van der Waals surface area contributed by atoms with Gasteiger partial charge in [0.05, 0.1) is 27.1 Å². The van der Waals surface area contributed by atoms with Gasteiger partial charge in [0.25, 0.3) is 5.69 Å². The molecule has 3 rings (SSSR count). The maximum atomic E-state index is 12.6. The average molecular weight is 424 g/mol. The van der Waals surface area contributed by atoms with Crippen molar-refractivity contribution < 1.29 is 18.1 Å². The molecule has 8 nitrogen and oxygen atoms in total. The summed E-state index contributed by atoms with van der Waals surface area (Å²) in [6.07, 6.45) is 1.66. The Bertz CT molecular complexity index is 1020. The lowest BCUT2D eigenvalue weighted by Gasteiger charge is -2.16. The molecule has 0 amide bonds. The summed E-state index contributed by atoms with van der Waals surface area (Å²) >= 11 is 6.00. The van der Waals surface area contributed by atoms with Crippen molar-refractivity contribution in [1.29, 1.82) is 0 Å². The highest BCUT2D eigenvalue weighted by Crippen LogP contribution is 2.27. The van der Waals surface area contributed by atoms with Crippen LogP contribution in [0.2, 0.25) is 5.02 Å². The first-order valence-electron chi connectivity index (χ1n) is 8.60. The number of carbonyl (C=O) groups excluding carboxylic acids is 1. The van der Waals surface area contributed by atoms with E-state index >= 15 is 0 Å². The number of nitro benzene ring substituents is 1. The van der Waals surface area contributed by atoms with Gasteiger partial charge in [0, 0.05) is 30.8 Å². The molecule has 0 unspecified atom stereocenters. The minimum absolute atomic E-state index is 0.0913. The Morgan fingerprint density at radius 2 is 1.89 bits per heavy atom. The van der Waals surface area contributed by atoms with Crippen LogP contribution in [0.15, 0.2) is 47.4 Å². The molecule has 0 saturated carbocycles. The largest absolute Gasteiger partial charge is 0.376 e. The molecule has 2 aromatic rings. The topological polar surface area (TPSA) is 110 Å². The normalized spacial score (nSPS) is 14.8. The van der Waals surface area contributed by atoms with Crippen LogP contribution in [-0.2, 0) is 10.0 Å². The molecule has 28 heavy (non-hydrogen) atoms. The van der Waals surface area contributed by atoms with Gasteiger partial charge in [-0.1, -0.05) is 23.7 Å². The first kappa shape index (κ1) is 20.2. The lowest BCUT2D eigenvalue weighted by molar-refractivity contribution is -0.384. The zero-order valence-electron chi connectivity index (χ0n) is 14.8. The van der Waals surface area contributed by atoms with E-state index in [1.807, 2.05) is 0 Å². The average Bonchev–Trinajstić information content (AvgIpc) is 3.22. The Hall–Kier alpha value is -2.49. The molecule has 148 valence electrons. The quantitative estimate of drug-likeness (QED) is 0.415. The van der Waals surface area contributed by atoms with E-state index in [-0.39, 0.29) is 33.5 Å². The second kappa shape index (κ2) is 8.26. The number of hydrogen-bond acceptors (Lipinski definition) is 6. The van der Waals surface area contributed by atoms with Crippen LogP contribution >= 0.6 is 11.6 Å². The van der Waals surface area contributed by atoms with Crippen molar-refractivity contribution >= 4 is 38.8 Å². The van der Waals surface area contributed by atoms with Crippen molar-refractivity contribution in [3.63, 3.8) is 0 Å². The number of halogens is 1. The fourth-order valence-corrected chi connectivity index (χ4v) is 4.75. The molecule has 10 heteroatoms. The van der Waals surface area contributed by atoms with E-state index in [9.17, 15) is 23.3 Å². The van der Waals surface area contributed by atoms with E-state index in [2.05, 4.69) is 5.32 Å². The van der Waals surface area contributed by atoms with E-state index < -0.39 is 14.9 Å². The molecule has 1 aliphatic heterocycles. The van der Waals surface area contributed by atoms with Crippen molar-refractivity contribution in [2.75, 3.05) is 25.0 Å². The molecule has 0 atom stereocenters. The van der Waals surface area contributed by atoms with Crippen LogP contribution in [0.1, 0.15) is 23.2 Å². The molecule has 1 N–H and O–H groups in total. The number of sulfonamides is 1. The van der Waals surface area contributed by atoms with Crippen molar-refractivity contribution in [2.45, 2.75) is 17.7 Å². The summed E-state index contributed by atoms with van der Waals surface area (Å²) in [7, 11) is -3.61. The molecule has 1 heterocycles. The van der Waals surface area contributed by atoms with Crippen LogP contribution < -0.4 is 5.32 Å². The Kier molecular flexibility index (Phi) is 5.97. The molecule has 0 bridgehead atoms. The van der Waals surface area contributed by atoms with Crippen LogP contribution in [0.4, 0.5) is 11.4 Å². The summed E-state index contributed by atoms with van der Waals surface area (Å²) in [5.74, 6) is -0.326. The van der Waals surface area contributed by atoms with Crippen molar-refractivity contribution in [3.05, 3.63) is 63.2 Å². The number of ketones is 1. The Balaban J connectivity index is 1.72. The second-order valence-electron chi connectivity index (χ2n) is 6.34. The van der Waals surface area contributed by atoms with E-state index in [0.717, 1.165) is 12.8 Å². The van der Waals surface area contributed by atoms with E-state index in [0.29, 0.717) is 18.8 Å². The van der Waals surface area contributed by atoms with Gasteiger partial charge in [0.2, 0.25) is 10.0 Å². The number of anilines is 1. The Morgan fingerprint density at radius 1 is 1.18 bits per heavy atom. The van der Waals surface area contributed by atoms with Crippen molar-refractivity contribution in [3.8, 4) is 0 Å². The van der Waals surface area contributed by atoms with Gasteiger partial charge >= 0.3 is 0 Å². The van der Waals surface area contributed by atoms with E-state index in [1.165, 1.54) is 40.7 Å². The third-order valence-corrected chi connectivity index (χ3v) is 6.67. The number of rotatable bonds is 7. The highest BCUT2D eigenvalue weighted by atomic mass is 35.5.